The topological polar surface area (TPSA) is 55.9 Å². The van der Waals surface area contributed by atoms with Gasteiger partial charge in [0.2, 0.25) is 5.91 Å². The molecular weight excluding hydrogens is 376 g/mol. The number of amides is 2. The zero-order valence-electron chi connectivity index (χ0n) is 16.2. The average molecular weight is 401 g/mol. The molecule has 2 aromatic rings. The first-order valence-corrected chi connectivity index (χ1v) is 9.65. The maximum absolute atomic E-state index is 12.4. The number of hydrogen-bond donors (Lipinski definition) is 1. The van der Waals surface area contributed by atoms with Crippen molar-refractivity contribution in [3.05, 3.63) is 59.1 Å². The molecule has 1 saturated heterocycles. The van der Waals surface area contributed by atoms with Crippen LogP contribution in [0, 0.1) is 0 Å². The largest absolute Gasteiger partial charge is 0.368 e. The molecule has 28 heavy (non-hydrogen) atoms. The van der Waals surface area contributed by atoms with E-state index in [4.69, 9.17) is 11.6 Å². The Labute approximate surface area is 170 Å². The third kappa shape index (κ3) is 5.03. The molecule has 6 nitrogen and oxygen atoms in total. The van der Waals surface area contributed by atoms with E-state index in [9.17, 15) is 9.59 Å². The highest BCUT2D eigenvalue weighted by atomic mass is 35.5. The fourth-order valence-corrected chi connectivity index (χ4v) is 3.47. The quantitative estimate of drug-likeness (QED) is 0.838. The summed E-state index contributed by atoms with van der Waals surface area (Å²) < 4.78 is 0. The molecule has 0 aliphatic carbocycles. The van der Waals surface area contributed by atoms with Crippen molar-refractivity contribution in [2.75, 3.05) is 57.0 Å². The van der Waals surface area contributed by atoms with E-state index in [0.717, 1.165) is 36.9 Å². The van der Waals surface area contributed by atoms with Gasteiger partial charge in [0.1, 0.15) is 0 Å². The number of hydrogen-bond acceptors (Lipinski definition) is 4. The lowest BCUT2D eigenvalue weighted by Crippen LogP contribution is -2.48. The molecule has 3 rings (SSSR count). The number of halogens is 1. The first kappa shape index (κ1) is 20.2. The van der Waals surface area contributed by atoms with Gasteiger partial charge in [0.05, 0.1) is 17.3 Å². The van der Waals surface area contributed by atoms with Gasteiger partial charge in [0.25, 0.3) is 5.91 Å². The molecule has 2 aromatic carbocycles. The number of nitrogens with one attached hydrogen (secondary N) is 1. The van der Waals surface area contributed by atoms with Crippen LogP contribution in [0.15, 0.2) is 48.5 Å². The van der Waals surface area contributed by atoms with Gasteiger partial charge in [-0.25, -0.2) is 0 Å². The zero-order valence-corrected chi connectivity index (χ0v) is 16.9. The maximum Gasteiger partial charge on any atom is 0.253 e. The van der Waals surface area contributed by atoms with E-state index in [-0.39, 0.29) is 11.8 Å². The van der Waals surface area contributed by atoms with Crippen LogP contribution in [-0.2, 0) is 4.79 Å². The first-order valence-electron chi connectivity index (χ1n) is 9.27. The molecule has 7 heteroatoms. The van der Waals surface area contributed by atoms with Crippen molar-refractivity contribution >= 4 is 34.8 Å². The Balaban J connectivity index is 1.48. The summed E-state index contributed by atoms with van der Waals surface area (Å²) in [4.78, 5) is 30.2. The minimum absolute atomic E-state index is 0.0575. The number of benzene rings is 2. The van der Waals surface area contributed by atoms with E-state index in [1.54, 1.807) is 38.4 Å². The van der Waals surface area contributed by atoms with Crippen LogP contribution in [0.25, 0.3) is 0 Å². The molecule has 148 valence electrons. The van der Waals surface area contributed by atoms with Crippen molar-refractivity contribution in [3.63, 3.8) is 0 Å². The van der Waals surface area contributed by atoms with Crippen LogP contribution < -0.4 is 10.2 Å². The van der Waals surface area contributed by atoms with E-state index in [1.165, 1.54) is 4.90 Å². The number of para-hydroxylation sites is 1. The monoisotopic (exact) mass is 400 g/mol. The third-order valence-electron chi connectivity index (χ3n) is 4.75. The minimum atomic E-state index is -0.0609. The molecule has 0 aromatic heterocycles. The Morgan fingerprint density at radius 3 is 2.25 bits per heavy atom. The number of rotatable bonds is 5. The molecule has 1 N–H and O–H groups in total. The SMILES string of the molecule is CN(C)C(=O)c1ccc(NC(=O)CN2CCN(c3ccccc3Cl)CC2)cc1. The Hall–Kier alpha value is -2.57. The number of carbonyl (C=O) groups is 2. The molecule has 0 radical (unpaired) electrons. The summed E-state index contributed by atoms with van der Waals surface area (Å²) in [6, 6.07) is 14.8. The van der Waals surface area contributed by atoms with Gasteiger partial charge in [-0.15, -0.1) is 0 Å². The van der Waals surface area contributed by atoms with Crippen molar-refractivity contribution in [1.82, 2.24) is 9.80 Å². The predicted molar refractivity (Wildman–Crippen MR) is 113 cm³/mol. The molecule has 0 bridgehead atoms. The molecule has 0 unspecified atom stereocenters. The van der Waals surface area contributed by atoms with Crippen molar-refractivity contribution in [2.24, 2.45) is 0 Å². The fraction of sp³-hybridized carbons (Fsp3) is 0.333. The molecule has 1 aliphatic heterocycles. The van der Waals surface area contributed by atoms with E-state index in [1.807, 2.05) is 24.3 Å². The van der Waals surface area contributed by atoms with E-state index in [0.29, 0.717) is 17.8 Å². The second-order valence-electron chi connectivity index (χ2n) is 7.04. The molecular formula is C21H25ClN4O2. The molecule has 1 heterocycles. The van der Waals surface area contributed by atoms with Gasteiger partial charge in [-0.2, -0.15) is 0 Å². The smallest absolute Gasteiger partial charge is 0.253 e. The van der Waals surface area contributed by atoms with Gasteiger partial charge in [0, 0.05) is 51.5 Å². The lowest BCUT2D eigenvalue weighted by atomic mass is 10.2. The van der Waals surface area contributed by atoms with Crippen molar-refractivity contribution in [2.45, 2.75) is 0 Å². The van der Waals surface area contributed by atoms with Crippen LogP contribution in [0.2, 0.25) is 5.02 Å². The second-order valence-corrected chi connectivity index (χ2v) is 7.45. The number of piperazine rings is 1. The Kier molecular flexibility index (Phi) is 6.54. The highest BCUT2D eigenvalue weighted by molar-refractivity contribution is 6.33. The van der Waals surface area contributed by atoms with Crippen molar-refractivity contribution in [3.8, 4) is 0 Å². The minimum Gasteiger partial charge on any atom is -0.368 e. The van der Waals surface area contributed by atoms with Gasteiger partial charge >= 0.3 is 0 Å². The summed E-state index contributed by atoms with van der Waals surface area (Å²) >= 11 is 6.27. The Morgan fingerprint density at radius 2 is 1.64 bits per heavy atom. The van der Waals surface area contributed by atoms with Crippen LogP contribution in [0.4, 0.5) is 11.4 Å². The summed E-state index contributed by atoms with van der Waals surface area (Å²) in [5.41, 5.74) is 2.33. The maximum atomic E-state index is 12.4. The molecule has 1 fully saturated rings. The number of nitrogens with zero attached hydrogens (tertiary/aromatic N) is 3. The van der Waals surface area contributed by atoms with Crippen LogP contribution in [-0.4, -0.2) is 68.4 Å². The molecule has 2 amide bonds. The van der Waals surface area contributed by atoms with Crippen molar-refractivity contribution < 1.29 is 9.59 Å². The molecule has 0 atom stereocenters. The summed E-state index contributed by atoms with van der Waals surface area (Å²) in [5, 5.41) is 3.65. The van der Waals surface area contributed by atoms with Crippen LogP contribution >= 0.6 is 11.6 Å². The average Bonchev–Trinajstić information content (AvgIpc) is 2.69. The van der Waals surface area contributed by atoms with Crippen LogP contribution in [0.3, 0.4) is 0 Å². The second kappa shape index (κ2) is 9.08. The standard InChI is InChI=1S/C21H25ClN4O2/c1-24(2)21(28)16-7-9-17(10-8-16)23-20(27)15-25-11-13-26(14-12-25)19-6-4-3-5-18(19)22/h3-10H,11-15H2,1-2H3,(H,23,27). The normalized spacial score (nSPS) is 14.6. The van der Waals surface area contributed by atoms with Crippen LogP contribution in [0.5, 0.6) is 0 Å². The Morgan fingerprint density at radius 1 is 1.00 bits per heavy atom. The summed E-state index contributed by atoms with van der Waals surface area (Å²) in [6.07, 6.45) is 0. The zero-order chi connectivity index (χ0) is 20.1. The third-order valence-corrected chi connectivity index (χ3v) is 5.07. The van der Waals surface area contributed by atoms with E-state index < -0.39 is 0 Å². The van der Waals surface area contributed by atoms with E-state index >= 15 is 0 Å². The molecule has 1 aliphatic rings. The van der Waals surface area contributed by atoms with Gasteiger partial charge in [-0.05, 0) is 36.4 Å². The lowest BCUT2D eigenvalue weighted by molar-refractivity contribution is -0.117. The predicted octanol–water partition coefficient (Wildman–Crippen LogP) is 2.80. The van der Waals surface area contributed by atoms with Gasteiger partial charge in [0.15, 0.2) is 0 Å². The van der Waals surface area contributed by atoms with Crippen molar-refractivity contribution in [1.29, 1.82) is 0 Å². The lowest BCUT2D eigenvalue weighted by Gasteiger charge is -2.36. The molecule has 0 spiro atoms. The Bertz CT molecular complexity index is 831. The highest BCUT2D eigenvalue weighted by Crippen LogP contribution is 2.26. The summed E-state index contributed by atoms with van der Waals surface area (Å²) in [5.74, 6) is -0.118. The summed E-state index contributed by atoms with van der Waals surface area (Å²) in [6.45, 7) is 3.61. The number of carbonyl (C=O) groups excluding carboxylic acids is 2. The number of anilines is 2. The fourth-order valence-electron chi connectivity index (χ4n) is 3.21. The van der Waals surface area contributed by atoms with E-state index in [2.05, 4.69) is 15.1 Å². The first-order chi connectivity index (χ1) is 13.4. The van der Waals surface area contributed by atoms with Gasteiger partial charge in [-0.1, -0.05) is 23.7 Å². The summed E-state index contributed by atoms with van der Waals surface area (Å²) in [7, 11) is 3.42. The highest BCUT2D eigenvalue weighted by Gasteiger charge is 2.20. The molecule has 0 saturated carbocycles. The van der Waals surface area contributed by atoms with Gasteiger partial charge < -0.3 is 15.1 Å². The van der Waals surface area contributed by atoms with Crippen LogP contribution in [0.1, 0.15) is 10.4 Å². The van der Waals surface area contributed by atoms with Gasteiger partial charge in [-0.3, -0.25) is 14.5 Å².